The highest BCUT2D eigenvalue weighted by molar-refractivity contribution is 6.31. The van der Waals surface area contributed by atoms with Crippen molar-refractivity contribution in [1.82, 2.24) is 14.8 Å². The molecule has 3 heterocycles. The number of carbonyl (C=O) groups excluding carboxylic acids is 2. The molecule has 7 heteroatoms. The van der Waals surface area contributed by atoms with Gasteiger partial charge in [-0.25, -0.2) is 0 Å². The summed E-state index contributed by atoms with van der Waals surface area (Å²) >= 11 is 6.43. The zero-order valence-corrected chi connectivity index (χ0v) is 19.2. The van der Waals surface area contributed by atoms with Gasteiger partial charge in [0.2, 0.25) is 5.91 Å². The maximum atomic E-state index is 13.8. The van der Waals surface area contributed by atoms with E-state index in [2.05, 4.69) is 12.2 Å². The number of nitrogens with one attached hydrogen (secondary N) is 1. The summed E-state index contributed by atoms with van der Waals surface area (Å²) in [7, 11) is 0. The molecule has 0 bridgehead atoms. The number of fused-ring (bicyclic) bond motifs is 3. The number of furan rings is 1. The van der Waals surface area contributed by atoms with Gasteiger partial charge in [-0.3, -0.25) is 9.59 Å². The van der Waals surface area contributed by atoms with Crippen LogP contribution in [-0.4, -0.2) is 32.9 Å². The lowest BCUT2D eigenvalue weighted by atomic mass is 9.85. The first-order chi connectivity index (χ1) is 15.4. The van der Waals surface area contributed by atoms with Crippen LogP contribution in [0.5, 0.6) is 0 Å². The monoisotopic (exact) mass is 453 g/mol. The molecule has 0 radical (unpaired) electrons. The van der Waals surface area contributed by atoms with E-state index in [-0.39, 0.29) is 24.4 Å². The van der Waals surface area contributed by atoms with Crippen molar-refractivity contribution in [2.75, 3.05) is 0 Å². The van der Waals surface area contributed by atoms with Crippen LogP contribution in [0.25, 0.3) is 11.1 Å². The van der Waals surface area contributed by atoms with E-state index in [1.54, 1.807) is 17.2 Å². The van der Waals surface area contributed by atoms with Crippen LogP contribution in [0.15, 0.2) is 47.1 Å². The Hall–Kier alpha value is -2.73. The van der Waals surface area contributed by atoms with E-state index in [1.165, 1.54) is 6.42 Å². The summed E-state index contributed by atoms with van der Waals surface area (Å²) in [6, 6.07) is 11.2. The van der Waals surface area contributed by atoms with Gasteiger partial charge in [0.15, 0.2) is 5.58 Å². The molecular formula is C25H28ClN3O3. The molecule has 0 spiro atoms. The van der Waals surface area contributed by atoms with Crippen molar-refractivity contribution in [3.8, 4) is 0 Å². The van der Waals surface area contributed by atoms with E-state index in [1.807, 2.05) is 41.8 Å². The average molecular weight is 454 g/mol. The van der Waals surface area contributed by atoms with Crippen LogP contribution in [-0.2, 0) is 17.9 Å². The normalized spacial score (nSPS) is 25.7. The molecule has 5 rings (SSSR count). The van der Waals surface area contributed by atoms with Crippen molar-refractivity contribution in [1.29, 1.82) is 0 Å². The average Bonchev–Trinajstić information content (AvgIpc) is 3.36. The van der Waals surface area contributed by atoms with Gasteiger partial charge in [0, 0.05) is 29.7 Å². The van der Waals surface area contributed by atoms with Gasteiger partial charge in [-0.05, 0) is 37.3 Å². The van der Waals surface area contributed by atoms with Gasteiger partial charge in [0.1, 0.15) is 11.2 Å². The third kappa shape index (κ3) is 3.41. The van der Waals surface area contributed by atoms with E-state index in [0.717, 1.165) is 30.3 Å². The molecule has 0 unspecified atom stereocenters. The highest BCUT2D eigenvalue weighted by atomic mass is 35.5. The van der Waals surface area contributed by atoms with Crippen molar-refractivity contribution in [2.24, 2.45) is 5.92 Å². The number of aromatic nitrogens is 1. The predicted octanol–water partition coefficient (Wildman–Crippen LogP) is 5.00. The third-order valence-electron chi connectivity index (χ3n) is 7.25. The second kappa shape index (κ2) is 8.00. The Kier molecular flexibility index (Phi) is 5.28. The number of hydrogen-bond acceptors (Lipinski definition) is 3. The number of benzene rings is 1. The molecule has 1 saturated carbocycles. The van der Waals surface area contributed by atoms with Gasteiger partial charge < -0.3 is 19.2 Å². The molecule has 1 N–H and O–H groups in total. The smallest absolute Gasteiger partial charge is 0.271 e. The number of halogens is 1. The van der Waals surface area contributed by atoms with E-state index in [9.17, 15) is 9.59 Å². The van der Waals surface area contributed by atoms with E-state index < -0.39 is 5.54 Å². The molecule has 6 nitrogen and oxygen atoms in total. The number of nitrogens with zero attached hydrogens (tertiary/aromatic N) is 2. The number of hydrogen-bond donors (Lipinski definition) is 1. The minimum atomic E-state index is -1.07. The van der Waals surface area contributed by atoms with E-state index in [4.69, 9.17) is 16.0 Å². The molecular weight excluding hydrogens is 426 g/mol. The van der Waals surface area contributed by atoms with Crippen molar-refractivity contribution in [3.05, 3.63) is 58.9 Å². The number of amides is 2. The highest BCUT2D eigenvalue weighted by Crippen LogP contribution is 2.35. The molecule has 2 aliphatic rings. The van der Waals surface area contributed by atoms with Crippen LogP contribution in [0.1, 0.15) is 55.6 Å². The van der Waals surface area contributed by atoms with Crippen LogP contribution in [0.3, 0.4) is 0 Å². The Morgan fingerprint density at radius 1 is 1.25 bits per heavy atom. The van der Waals surface area contributed by atoms with Gasteiger partial charge >= 0.3 is 0 Å². The van der Waals surface area contributed by atoms with Crippen LogP contribution < -0.4 is 5.32 Å². The second-order valence-corrected chi connectivity index (χ2v) is 9.79. The number of carbonyl (C=O) groups is 2. The molecule has 3 aromatic rings. The molecule has 2 amide bonds. The van der Waals surface area contributed by atoms with E-state index in [0.29, 0.717) is 28.8 Å². The second-order valence-electron chi connectivity index (χ2n) is 9.38. The lowest BCUT2D eigenvalue weighted by Crippen LogP contribution is -2.65. The predicted molar refractivity (Wildman–Crippen MR) is 123 cm³/mol. The van der Waals surface area contributed by atoms with E-state index >= 15 is 0 Å². The lowest BCUT2D eigenvalue weighted by molar-refractivity contribution is -0.134. The minimum absolute atomic E-state index is 0.118. The van der Waals surface area contributed by atoms with Gasteiger partial charge in [0.05, 0.1) is 18.3 Å². The summed E-state index contributed by atoms with van der Waals surface area (Å²) in [6.07, 6.45) is 6.02. The molecule has 168 valence electrons. The quantitative estimate of drug-likeness (QED) is 0.604. The zero-order valence-electron chi connectivity index (χ0n) is 18.4. The maximum Gasteiger partial charge on any atom is 0.271 e. The summed E-state index contributed by atoms with van der Waals surface area (Å²) in [6.45, 7) is 4.67. The SMILES string of the molecule is C[C@@H]1CCCC[C@@H]1NC(=O)[C@@]1(C)Cn2c(cc3occc32)C(=O)N1Cc1ccccc1Cl. The van der Waals surface area contributed by atoms with Crippen molar-refractivity contribution in [2.45, 2.75) is 64.2 Å². The molecule has 3 atom stereocenters. The Balaban J connectivity index is 1.54. The Morgan fingerprint density at radius 3 is 2.81 bits per heavy atom. The molecule has 0 saturated heterocycles. The summed E-state index contributed by atoms with van der Waals surface area (Å²) < 4.78 is 7.45. The highest BCUT2D eigenvalue weighted by Gasteiger charge is 2.48. The van der Waals surface area contributed by atoms with Gasteiger partial charge in [-0.2, -0.15) is 0 Å². The summed E-state index contributed by atoms with van der Waals surface area (Å²) in [5, 5.41) is 3.87. The standard InChI is InChI=1S/C25H28ClN3O3/c1-16-7-3-6-10-19(16)27-24(31)25(2)15-28-20-11-12-32-22(20)13-21(28)23(30)29(25)14-17-8-4-5-9-18(17)26/h4-5,8-9,11-13,16,19H,3,6-7,10,14-15H2,1-2H3,(H,27,31)/t16-,19+,25-/m1/s1. The summed E-state index contributed by atoms with van der Waals surface area (Å²) in [4.78, 5) is 29.2. The number of rotatable bonds is 4. The molecule has 1 fully saturated rings. The molecule has 1 aromatic carbocycles. The fourth-order valence-corrected chi connectivity index (χ4v) is 5.37. The van der Waals surface area contributed by atoms with Gasteiger partial charge in [0.25, 0.3) is 5.91 Å². The van der Waals surface area contributed by atoms with Crippen molar-refractivity contribution >= 4 is 34.5 Å². The Labute approximate surface area is 192 Å². The topological polar surface area (TPSA) is 67.5 Å². The molecule has 32 heavy (non-hydrogen) atoms. The first-order valence-electron chi connectivity index (χ1n) is 11.3. The van der Waals surface area contributed by atoms with Gasteiger partial charge in [-0.15, -0.1) is 0 Å². The maximum absolute atomic E-state index is 13.8. The molecule has 1 aliphatic carbocycles. The van der Waals surface area contributed by atoms with Crippen molar-refractivity contribution < 1.29 is 14.0 Å². The summed E-state index contributed by atoms with van der Waals surface area (Å²) in [5.74, 6) is 0.111. The Bertz CT molecular complexity index is 1180. The first-order valence-corrected chi connectivity index (χ1v) is 11.7. The van der Waals surface area contributed by atoms with Crippen LogP contribution in [0, 0.1) is 5.92 Å². The van der Waals surface area contributed by atoms with Crippen LogP contribution in [0.2, 0.25) is 5.02 Å². The summed E-state index contributed by atoms with van der Waals surface area (Å²) in [5.41, 5.74) is 1.76. The Morgan fingerprint density at radius 2 is 2.03 bits per heavy atom. The van der Waals surface area contributed by atoms with Crippen molar-refractivity contribution in [3.63, 3.8) is 0 Å². The molecule has 2 aromatic heterocycles. The largest absolute Gasteiger partial charge is 0.463 e. The molecule has 1 aliphatic heterocycles. The fraction of sp³-hybridized carbons (Fsp3) is 0.440. The van der Waals surface area contributed by atoms with Crippen LogP contribution >= 0.6 is 11.6 Å². The first kappa shape index (κ1) is 21.1. The minimum Gasteiger partial charge on any atom is -0.463 e. The lowest BCUT2D eigenvalue weighted by Gasteiger charge is -2.45. The zero-order chi connectivity index (χ0) is 22.5. The van der Waals surface area contributed by atoms with Gasteiger partial charge in [-0.1, -0.05) is 49.6 Å². The third-order valence-corrected chi connectivity index (χ3v) is 7.62. The fourth-order valence-electron chi connectivity index (χ4n) is 5.17. The van der Waals surface area contributed by atoms with Crippen LogP contribution in [0.4, 0.5) is 0 Å².